The molecule has 0 radical (unpaired) electrons. The molecule has 0 saturated heterocycles. The van der Waals surface area contributed by atoms with Crippen LogP contribution in [0.15, 0.2) is 23.1 Å². The van der Waals surface area contributed by atoms with E-state index in [1.807, 2.05) is 6.07 Å². The number of hydrogen-bond acceptors (Lipinski definition) is 2. The van der Waals surface area contributed by atoms with Gasteiger partial charge in [0.2, 0.25) is 0 Å². The lowest BCUT2D eigenvalue weighted by molar-refractivity contribution is 1.31. The summed E-state index contributed by atoms with van der Waals surface area (Å²) in [5, 5.41) is 9.58. The molecule has 3 nitrogen and oxygen atoms in total. The third kappa shape index (κ3) is 0.908. The number of aromatic amines is 1. The molecule has 0 saturated carbocycles. The van der Waals surface area contributed by atoms with Crippen LogP contribution in [0.25, 0.3) is 10.9 Å². The highest BCUT2D eigenvalue weighted by atomic mass is 79.9. The average Bonchev–Trinajstić information content (AvgIpc) is 2.49. The highest BCUT2D eigenvalue weighted by Gasteiger charge is 2.05. The number of nitrogens with zero attached hydrogens (tertiary/aromatic N) is 2. The van der Waals surface area contributed by atoms with E-state index in [2.05, 4.69) is 32.0 Å². The Morgan fingerprint density at radius 3 is 3.17 bits per heavy atom. The van der Waals surface area contributed by atoms with E-state index in [4.69, 9.17) is 5.26 Å². The zero-order valence-electron chi connectivity index (χ0n) is 6.00. The second kappa shape index (κ2) is 2.61. The molecule has 2 heterocycles. The molecule has 0 unspecified atom stereocenters. The Kier molecular flexibility index (Phi) is 1.59. The summed E-state index contributed by atoms with van der Waals surface area (Å²) >= 11 is 3.29. The lowest BCUT2D eigenvalue weighted by Gasteiger charge is -1.91. The lowest BCUT2D eigenvalue weighted by atomic mass is 10.2. The molecule has 2 aromatic rings. The van der Waals surface area contributed by atoms with Crippen LogP contribution in [0.1, 0.15) is 5.56 Å². The van der Waals surface area contributed by atoms with Crippen LogP contribution in [0.3, 0.4) is 0 Å². The van der Waals surface area contributed by atoms with Crippen molar-refractivity contribution in [3.05, 3.63) is 28.6 Å². The van der Waals surface area contributed by atoms with Crippen molar-refractivity contribution in [2.75, 3.05) is 0 Å². The minimum atomic E-state index is 0.616. The number of H-pyrrole nitrogens is 1. The lowest BCUT2D eigenvalue weighted by Crippen LogP contribution is -1.76. The molecular weight excluding hydrogens is 218 g/mol. The van der Waals surface area contributed by atoms with Gasteiger partial charge in [-0.05, 0) is 22.0 Å². The number of halogens is 1. The maximum atomic E-state index is 8.73. The molecule has 0 fully saturated rings. The second-order valence-corrected chi connectivity index (χ2v) is 3.09. The summed E-state index contributed by atoms with van der Waals surface area (Å²) in [5.74, 6) is 0. The van der Waals surface area contributed by atoms with E-state index in [1.165, 1.54) is 0 Å². The molecule has 1 N–H and O–H groups in total. The van der Waals surface area contributed by atoms with E-state index in [0.29, 0.717) is 10.2 Å². The number of hydrogen-bond donors (Lipinski definition) is 1. The van der Waals surface area contributed by atoms with Gasteiger partial charge in [-0.25, -0.2) is 4.98 Å². The quantitative estimate of drug-likeness (QED) is 0.694. The second-order valence-electron chi connectivity index (χ2n) is 2.34. The number of nitriles is 1. The molecular formula is C8H4BrN3. The first-order valence-electron chi connectivity index (χ1n) is 3.34. The number of pyridine rings is 1. The van der Waals surface area contributed by atoms with Crippen LogP contribution < -0.4 is 0 Å². The minimum absolute atomic E-state index is 0.616. The molecule has 2 rings (SSSR count). The van der Waals surface area contributed by atoms with Crippen LogP contribution in [0, 0.1) is 11.3 Å². The van der Waals surface area contributed by atoms with Gasteiger partial charge in [-0.1, -0.05) is 0 Å². The van der Waals surface area contributed by atoms with Crippen molar-refractivity contribution in [1.29, 1.82) is 5.26 Å². The van der Waals surface area contributed by atoms with E-state index in [0.717, 1.165) is 10.9 Å². The van der Waals surface area contributed by atoms with Crippen molar-refractivity contribution in [1.82, 2.24) is 9.97 Å². The van der Waals surface area contributed by atoms with Gasteiger partial charge in [-0.2, -0.15) is 5.26 Å². The zero-order valence-corrected chi connectivity index (χ0v) is 7.59. The van der Waals surface area contributed by atoms with E-state index in [1.54, 1.807) is 12.4 Å². The third-order valence-electron chi connectivity index (χ3n) is 1.67. The maximum Gasteiger partial charge on any atom is 0.116 e. The Bertz CT molecular complexity index is 467. The molecule has 12 heavy (non-hydrogen) atoms. The standard InChI is InChI=1S/C8H4BrN3/c9-8-7-5(3-10)4-12-6(7)1-2-11-8/h1-2,4,12H. The molecule has 0 atom stereocenters. The minimum Gasteiger partial charge on any atom is -0.360 e. The van der Waals surface area contributed by atoms with Crippen LogP contribution in [0.2, 0.25) is 0 Å². The summed E-state index contributed by atoms with van der Waals surface area (Å²) < 4.78 is 0.706. The Morgan fingerprint density at radius 2 is 2.42 bits per heavy atom. The van der Waals surface area contributed by atoms with Crippen molar-refractivity contribution in [2.24, 2.45) is 0 Å². The van der Waals surface area contributed by atoms with Gasteiger partial charge >= 0.3 is 0 Å². The molecule has 0 bridgehead atoms. The predicted octanol–water partition coefficient (Wildman–Crippen LogP) is 2.20. The highest BCUT2D eigenvalue weighted by Crippen LogP contribution is 2.23. The Hall–Kier alpha value is -1.34. The Labute approximate surface area is 77.2 Å². The summed E-state index contributed by atoms with van der Waals surface area (Å²) in [4.78, 5) is 7.02. The van der Waals surface area contributed by atoms with Gasteiger partial charge < -0.3 is 4.98 Å². The summed E-state index contributed by atoms with van der Waals surface area (Å²) in [6, 6.07) is 3.92. The molecule has 58 valence electrons. The number of nitrogens with one attached hydrogen (secondary N) is 1. The van der Waals surface area contributed by atoms with E-state index < -0.39 is 0 Å². The predicted molar refractivity (Wildman–Crippen MR) is 48.5 cm³/mol. The first-order chi connectivity index (χ1) is 5.83. The van der Waals surface area contributed by atoms with Gasteiger partial charge in [0.25, 0.3) is 0 Å². The van der Waals surface area contributed by atoms with Crippen molar-refractivity contribution in [3.63, 3.8) is 0 Å². The topological polar surface area (TPSA) is 52.5 Å². The van der Waals surface area contributed by atoms with Crippen molar-refractivity contribution < 1.29 is 0 Å². The molecule has 0 aliphatic rings. The fraction of sp³-hybridized carbons (Fsp3) is 0. The highest BCUT2D eigenvalue weighted by molar-refractivity contribution is 9.10. The third-order valence-corrected chi connectivity index (χ3v) is 2.27. The molecule has 0 aromatic carbocycles. The molecule has 2 aromatic heterocycles. The normalized spacial score (nSPS) is 10.0. The summed E-state index contributed by atoms with van der Waals surface area (Å²) in [6.07, 6.45) is 3.36. The first-order valence-corrected chi connectivity index (χ1v) is 4.14. The Balaban J connectivity index is 2.95. The monoisotopic (exact) mass is 221 g/mol. The summed E-state index contributed by atoms with van der Waals surface area (Å²) in [6.45, 7) is 0. The van der Waals surface area contributed by atoms with Gasteiger partial charge in [-0.15, -0.1) is 0 Å². The number of aromatic nitrogens is 2. The Morgan fingerprint density at radius 1 is 1.58 bits per heavy atom. The average molecular weight is 222 g/mol. The SMILES string of the molecule is N#Cc1c[nH]c2ccnc(Br)c12. The smallest absolute Gasteiger partial charge is 0.116 e. The van der Waals surface area contributed by atoms with Gasteiger partial charge in [-0.3, -0.25) is 0 Å². The number of fused-ring (bicyclic) bond motifs is 1. The van der Waals surface area contributed by atoms with Crippen LogP contribution in [0.5, 0.6) is 0 Å². The summed E-state index contributed by atoms with van der Waals surface area (Å²) in [5.41, 5.74) is 1.54. The fourth-order valence-corrected chi connectivity index (χ4v) is 1.67. The van der Waals surface area contributed by atoms with E-state index in [-0.39, 0.29) is 0 Å². The number of rotatable bonds is 0. The van der Waals surface area contributed by atoms with Crippen molar-refractivity contribution in [2.45, 2.75) is 0 Å². The summed E-state index contributed by atoms with van der Waals surface area (Å²) in [7, 11) is 0. The van der Waals surface area contributed by atoms with Crippen LogP contribution in [-0.4, -0.2) is 9.97 Å². The van der Waals surface area contributed by atoms with Crippen molar-refractivity contribution in [3.8, 4) is 6.07 Å². The fourth-order valence-electron chi connectivity index (χ4n) is 1.12. The molecule has 0 aliphatic carbocycles. The van der Waals surface area contributed by atoms with E-state index in [9.17, 15) is 0 Å². The van der Waals surface area contributed by atoms with Gasteiger partial charge in [0.15, 0.2) is 0 Å². The van der Waals surface area contributed by atoms with Crippen LogP contribution in [0.4, 0.5) is 0 Å². The first kappa shape index (κ1) is 7.32. The zero-order chi connectivity index (χ0) is 8.55. The maximum absolute atomic E-state index is 8.73. The molecule has 4 heteroatoms. The van der Waals surface area contributed by atoms with E-state index >= 15 is 0 Å². The van der Waals surface area contributed by atoms with Gasteiger partial charge in [0, 0.05) is 12.4 Å². The molecule has 0 aliphatic heterocycles. The molecule has 0 amide bonds. The van der Waals surface area contributed by atoms with Crippen LogP contribution in [-0.2, 0) is 0 Å². The molecule has 0 spiro atoms. The van der Waals surface area contributed by atoms with Crippen LogP contribution >= 0.6 is 15.9 Å². The van der Waals surface area contributed by atoms with Gasteiger partial charge in [0.05, 0.1) is 16.5 Å². The largest absolute Gasteiger partial charge is 0.360 e. The van der Waals surface area contributed by atoms with Gasteiger partial charge in [0.1, 0.15) is 10.7 Å². The van der Waals surface area contributed by atoms with Crippen molar-refractivity contribution >= 4 is 26.8 Å².